The topological polar surface area (TPSA) is 115 Å². The summed E-state index contributed by atoms with van der Waals surface area (Å²) in [5.74, 6) is -0.668. The third-order valence-electron chi connectivity index (χ3n) is 7.25. The standard InChI is InChI=1S/C31H33N5O4S2/c1-20-16-23-17-22(28(29(38)39)40-19-21-6-3-2-4-7-21)9-14-26(23)35(18-20)15-5-8-27(37)32-24-10-12-25(13-11-24)36-30(41)33-34-31(36)42/h2-4,6-7,9-14,17,20,28H,5,8,15-16,18-19H2,1H3,(H,32,37)(H,33,41)(H,34,42)(H,38,39). The molecule has 4 aromatic rings. The number of ether oxygens (including phenoxy) is 1. The van der Waals surface area contributed by atoms with Gasteiger partial charge in [0.25, 0.3) is 0 Å². The zero-order chi connectivity index (χ0) is 29.6. The maximum absolute atomic E-state index is 12.7. The van der Waals surface area contributed by atoms with Crippen molar-refractivity contribution in [1.82, 2.24) is 14.8 Å². The highest BCUT2D eigenvalue weighted by Crippen LogP contribution is 2.33. The first kappa shape index (κ1) is 29.4. The van der Waals surface area contributed by atoms with Crippen molar-refractivity contribution in [1.29, 1.82) is 0 Å². The highest BCUT2D eigenvalue weighted by Gasteiger charge is 2.26. The number of carbonyl (C=O) groups excluding carboxylic acids is 1. The van der Waals surface area contributed by atoms with Gasteiger partial charge in [0.2, 0.25) is 5.91 Å². The van der Waals surface area contributed by atoms with E-state index < -0.39 is 12.1 Å². The van der Waals surface area contributed by atoms with Gasteiger partial charge in [-0.1, -0.05) is 49.4 Å². The minimum absolute atomic E-state index is 0.0567. The molecule has 1 aromatic heterocycles. The maximum Gasteiger partial charge on any atom is 0.337 e. The number of fused-ring (bicyclic) bond motifs is 1. The predicted octanol–water partition coefficient (Wildman–Crippen LogP) is 6.35. The zero-order valence-corrected chi connectivity index (χ0v) is 24.8. The van der Waals surface area contributed by atoms with Crippen LogP contribution in [0.2, 0.25) is 0 Å². The SMILES string of the molecule is CC1Cc2cc(C(OCc3ccccc3)C(=O)O)ccc2N(CCCC(=O)Nc2ccc(-n3c(=S)[nH][nH]c3=S)cc2)C1. The van der Waals surface area contributed by atoms with E-state index in [1.165, 1.54) is 0 Å². The number of hydrogen-bond donors (Lipinski definition) is 4. The smallest absolute Gasteiger partial charge is 0.337 e. The number of hydrogen-bond acceptors (Lipinski definition) is 6. The van der Waals surface area contributed by atoms with Crippen LogP contribution in [0.4, 0.5) is 11.4 Å². The lowest BCUT2D eigenvalue weighted by Gasteiger charge is -2.35. The van der Waals surface area contributed by atoms with Gasteiger partial charge in [0.15, 0.2) is 15.6 Å². The second-order valence-corrected chi connectivity index (χ2v) is 11.3. The lowest BCUT2D eigenvalue weighted by atomic mass is 9.91. The molecule has 42 heavy (non-hydrogen) atoms. The summed E-state index contributed by atoms with van der Waals surface area (Å²) in [6.45, 7) is 4.01. The first-order valence-corrected chi connectivity index (χ1v) is 14.7. The number of amides is 1. The molecule has 0 spiro atoms. The van der Waals surface area contributed by atoms with Crippen molar-refractivity contribution < 1.29 is 19.4 Å². The van der Waals surface area contributed by atoms with Crippen LogP contribution in [-0.2, 0) is 27.4 Å². The number of nitrogens with one attached hydrogen (secondary N) is 3. The van der Waals surface area contributed by atoms with E-state index in [0.717, 1.165) is 42.0 Å². The number of nitrogens with zero attached hydrogens (tertiary/aromatic N) is 2. The van der Waals surface area contributed by atoms with Crippen molar-refractivity contribution in [2.24, 2.45) is 5.92 Å². The van der Waals surface area contributed by atoms with E-state index >= 15 is 0 Å². The van der Waals surface area contributed by atoms with Gasteiger partial charge < -0.3 is 20.1 Å². The molecule has 218 valence electrons. The first-order valence-electron chi connectivity index (χ1n) is 13.8. The fourth-order valence-electron chi connectivity index (χ4n) is 5.32. The lowest BCUT2D eigenvalue weighted by Crippen LogP contribution is -2.35. The Bertz CT molecular complexity index is 1640. The van der Waals surface area contributed by atoms with Crippen LogP contribution in [0.15, 0.2) is 72.8 Å². The fraction of sp³-hybridized carbons (Fsp3) is 0.290. The van der Waals surface area contributed by atoms with Gasteiger partial charge in [-0.25, -0.2) is 4.79 Å². The number of rotatable bonds is 11. The molecule has 9 nitrogen and oxygen atoms in total. The van der Waals surface area contributed by atoms with Crippen LogP contribution in [-0.4, -0.2) is 44.8 Å². The molecule has 2 atom stereocenters. The molecule has 1 amide bonds. The molecular formula is C31H33N5O4S2. The number of carboxylic acid groups (broad SMARTS) is 1. The van der Waals surface area contributed by atoms with Gasteiger partial charge >= 0.3 is 5.97 Å². The monoisotopic (exact) mass is 603 g/mol. The van der Waals surface area contributed by atoms with E-state index in [1.54, 1.807) is 4.57 Å². The third-order valence-corrected chi connectivity index (χ3v) is 7.82. The molecule has 0 saturated heterocycles. The van der Waals surface area contributed by atoms with Crippen LogP contribution in [0.5, 0.6) is 0 Å². The summed E-state index contributed by atoms with van der Waals surface area (Å²) in [5.41, 5.74) is 5.26. The maximum atomic E-state index is 12.7. The molecule has 0 radical (unpaired) electrons. The lowest BCUT2D eigenvalue weighted by molar-refractivity contribution is -0.151. The molecule has 0 bridgehead atoms. The van der Waals surface area contributed by atoms with E-state index in [0.29, 0.717) is 39.6 Å². The number of anilines is 2. The van der Waals surface area contributed by atoms with Gasteiger partial charge in [0.05, 0.1) is 12.3 Å². The molecule has 5 rings (SSSR count). The number of aromatic nitrogens is 3. The van der Waals surface area contributed by atoms with E-state index in [4.69, 9.17) is 29.2 Å². The molecule has 11 heteroatoms. The van der Waals surface area contributed by atoms with Gasteiger partial charge in [-0.3, -0.25) is 19.6 Å². The molecule has 0 saturated carbocycles. The quantitative estimate of drug-likeness (QED) is 0.148. The summed E-state index contributed by atoms with van der Waals surface area (Å²) in [6.07, 6.45) is 0.877. The predicted molar refractivity (Wildman–Crippen MR) is 167 cm³/mol. The number of aliphatic carboxylic acids is 1. The van der Waals surface area contributed by atoms with Crippen molar-refractivity contribution in [3.05, 3.63) is 99.0 Å². The first-order chi connectivity index (χ1) is 20.3. The van der Waals surface area contributed by atoms with Crippen LogP contribution in [0, 0.1) is 15.5 Å². The van der Waals surface area contributed by atoms with Crippen molar-refractivity contribution in [2.75, 3.05) is 23.3 Å². The second kappa shape index (κ2) is 13.3. The Hall–Kier alpha value is -4.06. The summed E-state index contributed by atoms with van der Waals surface area (Å²) < 4.78 is 8.47. The molecule has 3 aromatic carbocycles. The van der Waals surface area contributed by atoms with Gasteiger partial charge in [0, 0.05) is 30.9 Å². The minimum atomic E-state index is -1.05. The number of carboxylic acids is 1. The zero-order valence-electron chi connectivity index (χ0n) is 23.2. The van der Waals surface area contributed by atoms with Gasteiger partial charge in [0.1, 0.15) is 0 Å². The van der Waals surface area contributed by atoms with Crippen LogP contribution in [0.1, 0.15) is 42.6 Å². The molecule has 1 aliphatic heterocycles. The summed E-state index contributed by atoms with van der Waals surface area (Å²) >= 11 is 10.5. The Morgan fingerprint density at radius 1 is 1.05 bits per heavy atom. The van der Waals surface area contributed by atoms with Crippen LogP contribution in [0.25, 0.3) is 5.69 Å². The number of aromatic amines is 2. The minimum Gasteiger partial charge on any atom is -0.479 e. The fourth-order valence-corrected chi connectivity index (χ4v) is 5.88. The number of carbonyl (C=O) groups is 2. The van der Waals surface area contributed by atoms with Crippen molar-refractivity contribution >= 4 is 47.7 Å². The molecule has 4 N–H and O–H groups in total. The van der Waals surface area contributed by atoms with E-state index in [2.05, 4.69) is 27.3 Å². The summed E-state index contributed by atoms with van der Waals surface area (Å²) in [5, 5.41) is 18.5. The third kappa shape index (κ3) is 7.04. The van der Waals surface area contributed by atoms with Crippen LogP contribution < -0.4 is 10.2 Å². The Balaban J connectivity index is 1.18. The normalized spacial score (nSPS) is 15.2. The summed E-state index contributed by atoms with van der Waals surface area (Å²) in [4.78, 5) is 27.0. The molecule has 0 fully saturated rings. The summed E-state index contributed by atoms with van der Waals surface area (Å²) in [7, 11) is 0. The highest BCUT2D eigenvalue weighted by molar-refractivity contribution is 7.72. The molecular weight excluding hydrogens is 571 g/mol. The van der Waals surface area contributed by atoms with Crippen molar-refractivity contribution in [3.8, 4) is 5.69 Å². The molecule has 2 unspecified atom stereocenters. The van der Waals surface area contributed by atoms with Crippen molar-refractivity contribution in [2.45, 2.75) is 38.9 Å². The molecule has 2 heterocycles. The average Bonchev–Trinajstić information content (AvgIpc) is 3.31. The van der Waals surface area contributed by atoms with E-state index in [9.17, 15) is 14.7 Å². The van der Waals surface area contributed by atoms with E-state index in [-0.39, 0.29) is 12.5 Å². The van der Waals surface area contributed by atoms with Gasteiger partial charge in [-0.15, -0.1) is 0 Å². The molecule has 1 aliphatic rings. The van der Waals surface area contributed by atoms with Crippen molar-refractivity contribution in [3.63, 3.8) is 0 Å². The van der Waals surface area contributed by atoms with E-state index in [1.807, 2.05) is 72.8 Å². The number of benzene rings is 3. The Morgan fingerprint density at radius 2 is 1.76 bits per heavy atom. The highest BCUT2D eigenvalue weighted by atomic mass is 32.1. The Labute approximate surface area is 254 Å². The van der Waals surface area contributed by atoms with Gasteiger partial charge in [-0.05, 0) is 90.2 Å². The largest absolute Gasteiger partial charge is 0.479 e. The average molecular weight is 604 g/mol. The number of H-pyrrole nitrogens is 2. The summed E-state index contributed by atoms with van der Waals surface area (Å²) in [6, 6.07) is 22.7. The van der Waals surface area contributed by atoms with Crippen LogP contribution in [0.3, 0.4) is 0 Å². The second-order valence-electron chi connectivity index (χ2n) is 10.6. The van der Waals surface area contributed by atoms with Crippen LogP contribution >= 0.6 is 24.4 Å². The Morgan fingerprint density at radius 3 is 2.45 bits per heavy atom. The Kier molecular flexibility index (Phi) is 9.31. The molecule has 0 aliphatic carbocycles. The van der Waals surface area contributed by atoms with Gasteiger partial charge in [-0.2, -0.15) is 0 Å².